The van der Waals surface area contributed by atoms with Gasteiger partial charge in [-0.05, 0) is 35.2 Å². The Morgan fingerprint density at radius 3 is 2.21 bits per heavy atom. The molecule has 3 aromatic carbocycles. The first-order chi connectivity index (χ1) is 14.1. The molecule has 0 fully saturated rings. The standard InChI is InChI=1S/C24H21NO4/c1-28-20-12-11-19-21(22(20)29-2)24(27)25(23(19)26)15-18-10-6-9-17(14-18)13-16-7-4-3-5-8-16/h3-12,14H,13,15H2,1-2H3. The molecular weight excluding hydrogens is 366 g/mol. The third kappa shape index (κ3) is 3.47. The van der Waals surface area contributed by atoms with E-state index < -0.39 is 0 Å². The number of fused-ring (bicyclic) bond motifs is 1. The highest BCUT2D eigenvalue weighted by molar-refractivity contribution is 6.22. The highest BCUT2D eigenvalue weighted by Crippen LogP contribution is 2.38. The van der Waals surface area contributed by atoms with Crippen molar-refractivity contribution < 1.29 is 19.1 Å². The summed E-state index contributed by atoms with van der Waals surface area (Å²) in [5, 5.41) is 0. The number of carbonyl (C=O) groups is 2. The molecule has 1 heterocycles. The van der Waals surface area contributed by atoms with E-state index >= 15 is 0 Å². The molecule has 0 aromatic heterocycles. The van der Waals surface area contributed by atoms with Crippen molar-refractivity contribution in [1.82, 2.24) is 4.90 Å². The van der Waals surface area contributed by atoms with E-state index in [1.54, 1.807) is 12.1 Å². The van der Waals surface area contributed by atoms with Crippen molar-refractivity contribution in [3.8, 4) is 11.5 Å². The Kier molecular flexibility index (Phi) is 5.04. The van der Waals surface area contributed by atoms with Crippen LogP contribution in [0.2, 0.25) is 0 Å². The zero-order chi connectivity index (χ0) is 20.4. The smallest absolute Gasteiger partial charge is 0.265 e. The minimum absolute atomic E-state index is 0.209. The number of ether oxygens (including phenoxy) is 2. The highest BCUT2D eigenvalue weighted by atomic mass is 16.5. The summed E-state index contributed by atoms with van der Waals surface area (Å²) in [5.41, 5.74) is 3.84. The Hall–Kier alpha value is -3.60. The van der Waals surface area contributed by atoms with Crippen molar-refractivity contribution in [2.45, 2.75) is 13.0 Å². The fourth-order valence-electron chi connectivity index (χ4n) is 3.69. The van der Waals surface area contributed by atoms with E-state index in [0.29, 0.717) is 17.1 Å². The molecule has 146 valence electrons. The van der Waals surface area contributed by atoms with E-state index in [2.05, 4.69) is 12.1 Å². The van der Waals surface area contributed by atoms with E-state index in [0.717, 1.165) is 17.5 Å². The maximum Gasteiger partial charge on any atom is 0.265 e. The summed E-state index contributed by atoms with van der Waals surface area (Å²) in [6, 6.07) is 21.4. The molecule has 0 N–H and O–H groups in total. The summed E-state index contributed by atoms with van der Waals surface area (Å²) in [6.07, 6.45) is 0.793. The molecule has 1 aliphatic heterocycles. The normalized spacial score (nSPS) is 12.8. The number of imide groups is 1. The van der Waals surface area contributed by atoms with E-state index in [1.165, 1.54) is 24.7 Å². The van der Waals surface area contributed by atoms with Gasteiger partial charge in [0.05, 0.1) is 31.9 Å². The Balaban J connectivity index is 1.60. The van der Waals surface area contributed by atoms with Gasteiger partial charge in [-0.25, -0.2) is 0 Å². The lowest BCUT2D eigenvalue weighted by atomic mass is 10.0. The van der Waals surface area contributed by atoms with Crippen LogP contribution < -0.4 is 9.47 Å². The molecule has 0 atom stereocenters. The molecule has 0 saturated carbocycles. The SMILES string of the molecule is COc1ccc2c(c1OC)C(=O)N(Cc1cccc(Cc3ccccc3)c1)C2=O. The van der Waals surface area contributed by atoms with Crippen LogP contribution in [-0.2, 0) is 13.0 Å². The fraction of sp³-hybridized carbons (Fsp3) is 0.167. The van der Waals surface area contributed by atoms with Crippen LogP contribution >= 0.6 is 0 Å². The molecule has 0 radical (unpaired) electrons. The van der Waals surface area contributed by atoms with Crippen molar-refractivity contribution in [1.29, 1.82) is 0 Å². The predicted octanol–water partition coefficient (Wildman–Crippen LogP) is 4.09. The summed E-state index contributed by atoms with van der Waals surface area (Å²) in [4.78, 5) is 27.1. The lowest BCUT2D eigenvalue weighted by Gasteiger charge is -2.15. The second kappa shape index (κ2) is 7.80. The van der Waals surface area contributed by atoms with Gasteiger partial charge < -0.3 is 9.47 Å². The Labute approximate surface area is 169 Å². The average molecular weight is 387 g/mol. The monoisotopic (exact) mass is 387 g/mol. The summed E-state index contributed by atoms with van der Waals surface area (Å²) < 4.78 is 10.6. The minimum Gasteiger partial charge on any atom is -0.493 e. The molecule has 0 saturated heterocycles. The van der Waals surface area contributed by atoms with Crippen LogP contribution in [0.15, 0.2) is 66.7 Å². The Morgan fingerprint density at radius 1 is 0.759 bits per heavy atom. The number of nitrogens with zero attached hydrogens (tertiary/aromatic N) is 1. The number of amides is 2. The summed E-state index contributed by atoms with van der Waals surface area (Å²) in [5.74, 6) is 0.0383. The zero-order valence-electron chi connectivity index (χ0n) is 16.3. The number of rotatable bonds is 6. The minimum atomic E-state index is -0.366. The Morgan fingerprint density at radius 2 is 1.48 bits per heavy atom. The van der Waals surface area contributed by atoms with Crippen molar-refractivity contribution in [3.05, 3.63) is 94.5 Å². The maximum atomic E-state index is 13.0. The third-order valence-corrected chi connectivity index (χ3v) is 5.06. The largest absolute Gasteiger partial charge is 0.493 e. The molecule has 5 heteroatoms. The third-order valence-electron chi connectivity index (χ3n) is 5.06. The first-order valence-corrected chi connectivity index (χ1v) is 9.35. The molecule has 2 amide bonds. The van der Waals surface area contributed by atoms with Crippen molar-refractivity contribution >= 4 is 11.8 Å². The highest BCUT2D eigenvalue weighted by Gasteiger charge is 2.39. The van der Waals surface area contributed by atoms with Crippen LogP contribution in [0.1, 0.15) is 37.4 Å². The van der Waals surface area contributed by atoms with Gasteiger partial charge in [-0.15, -0.1) is 0 Å². The van der Waals surface area contributed by atoms with E-state index in [4.69, 9.17) is 9.47 Å². The molecule has 5 nitrogen and oxygen atoms in total. The van der Waals surface area contributed by atoms with Crippen molar-refractivity contribution in [2.75, 3.05) is 14.2 Å². The molecule has 0 aliphatic carbocycles. The zero-order valence-corrected chi connectivity index (χ0v) is 16.3. The fourth-order valence-corrected chi connectivity index (χ4v) is 3.69. The van der Waals surface area contributed by atoms with Gasteiger partial charge in [0.25, 0.3) is 11.8 Å². The van der Waals surface area contributed by atoms with Crippen LogP contribution in [-0.4, -0.2) is 30.9 Å². The van der Waals surface area contributed by atoms with Gasteiger partial charge in [0.2, 0.25) is 0 Å². The molecule has 0 unspecified atom stereocenters. The van der Waals surface area contributed by atoms with Gasteiger partial charge >= 0.3 is 0 Å². The number of carbonyl (C=O) groups excluding carboxylic acids is 2. The van der Waals surface area contributed by atoms with Gasteiger partial charge in [0.1, 0.15) is 0 Å². The molecule has 0 spiro atoms. The predicted molar refractivity (Wildman–Crippen MR) is 109 cm³/mol. The number of methoxy groups -OCH3 is 2. The quantitative estimate of drug-likeness (QED) is 0.598. The lowest BCUT2D eigenvalue weighted by molar-refractivity contribution is 0.0641. The topological polar surface area (TPSA) is 55.8 Å². The number of hydrogen-bond donors (Lipinski definition) is 0. The van der Waals surface area contributed by atoms with Gasteiger partial charge in [0, 0.05) is 0 Å². The van der Waals surface area contributed by atoms with Crippen molar-refractivity contribution in [3.63, 3.8) is 0 Å². The lowest BCUT2D eigenvalue weighted by Crippen LogP contribution is -2.29. The number of benzene rings is 3. The molecule has 0 bridgehead atoms. The first kappa shape index (κ1) is 18.7. The van der Waals surface area contributed by atoms with E-state index in [1.807, 2.05) is 42.5 Å². The van der Waals surface area contributed by atoms with Gasteiger partial charge in [0.15, 0.2) is 11.5 Å². The average Bonchev–Trinajstić information content (AvgIpc) is 2.99. The van der Waals surface area contributed by atoms with Crippen LogP contribution in [0.3, 0.4) is 0 Å². The summed E-state index contributed by atoms with van der Waals surface area (Å²) in [6.45, 7) is 0.209. The van der Waals surface area contributed by atoms with E-state index in [-0.39, 0.29) is 23.9 Å². The van der Waals surface area contributed by atoms with Crippen molar-refractivity contribution in [2.24, 2.45) is 0 Å². The second-order valence-electron chi connectivity index (χ2n) is 6.90. The number of hydrogen-bond acceptors (Lipinski definition) is 4. The first-order valence-electron chi connectivity index (χ1n) is 9.35. The molecule has 1 aliphatic rings. The summed E-state index contributed by atoms with van der Waals surface area (Å²) in [7, 11) is 2.97. The molecule has 3 aromatic rings. The van der Waals surface area contributed by atoms with Gasteiger partial charge in [-0.1, -0.05) is 54.6 Å². The van der Waals surface area contributed by atoms with Gasteiger partial charge in [-0.2, -0.15) is 0 Å². The summed E-state index contributed by atoms with van der Waals surface area (Å²) >= 11 is 0. The van der Waals surface area contributed by atoms with Gasteiger partial charge in [-0.3, -0.25) is 14.5 Å². The van der Waals surface area contributed by atoms with Crippen LogP contribution in [0.5, 0.6) is 11.5 Å². The van der Waals surface area contributed by atoms with Crippen LogP contribution in [0.4, 0.5) is 0 Å². The van der Waals surface area contributed by atoms with Crippen LogP contribution in [0.25, 0.3) is 0 Å². The maximum absolute atomic E-state index is 13.0. The van der Waals surface area contributed by atoms with Crippen LogP contribution in [0, 0.1) is 0 Å². The second-order valence-corrected chi connectivity index (χ2v) is 6.90. The van der Waals surface area contributed by atoms with E-state index in [9.17, 15) is 9.59 Å². The molecule has 29 heavy (non-hydrogen) atoms. The Bertz CT molecular complexity index is 1080. The molecular formula is C24H21NO4. The molecule has 4 rings (SSSR count).